The van der Waals surface area contributed by atoms with Crippen molar-refractivity contribution >= 4 is 11.7 Å². The van der Waals surface area contributed by atoms with Crippen molar-refractivity contribution in [1.29, 1.82) is 0 Å². The second-order valence-electron chi connectivity index (χ2n) is 5.12. The Bertz CT molecular complexity index is 660. The maximum Gasteiger partial charge on any atom is 0.257 e. The number of rotatable bonds is 1. The average molecular weight is 285 g/mol. The highest BCUT2D eigenvalue weighted by atomic mass is 19.1. The van der Waals surface area contributed by atoms with Crippen LogP contribution in [0.3, 0.4) is 0 Å². The van der Waals surface area contributed by atoms with E-state index in [9.17, 15) is 9.18 Å². The van der Waals surface area contributed by atoms with Crippen molar-refractivity contribution in [3.63, 3.8) is 0 Å². The van der Waals surface area contributed by atoms with Crippen molar-refractivity contribution in [2.45, 2.75) is 12.8 Å². The van der Waals surface area contributed by atoms with Crippen LogP contribution in [0.5, 0.6) is 0 Å². The van der Waals surface area contributed by atoms with Crippen LogP contribution in [-0.4, -0.2) is 28.9 Å². The fourth-order valence-electron chi connectivity index (χ4n) is 2.67. The molecule has 2 aromatic rings. The van der Waals surface area contributed by atoms with Crippen LogP contribution in [-0.2, 0) is 12.8 Å². The molecule has 1 amide bonds. The quantitative estimate of drug-likeness (QED) is 0.872. The molecule has 1 aliphatic heterocycles. The van der Waals surface area contributed by atoms with E-state index in [-0.39, 0.29) is 17.3 Å². The van der Waals surface area contributed by atoms with Gasteiger partial charge >= 0.3 is 0 Å². The van der Waals surface area contributed by atoms with Crippen molar-refractivity contribution in [2.24, 2.45) is 0 Å². The summed E-state index contributed by atoms with van der Waals surface area (Å²) in [5, 5.41) is 0. The highest BCUT2D eigenvalue weighted by Crippen LogP contribution is 2.19. The van der Waals surface area contributed by atoms with E-state index in [0.29, 0.717) is 13.1 Å². The molecular formula is C16H16FN3O. The lowest BCUT2D eigenvalue weighted by atomic mass is 10.0. The number of nitrogen functional groups attached to an aromatic ring is 1. The molecular weight excluding hydrogens is 269 g/mol. The molecule has 2 N–H and O–H groups in total. The topological polar surface area (TPSA) is 59.2 Å². The lowest BCUT2D eigenvalue weighted by Crippen LogP contribution is -2.34. The number of pyridine rings is 1. The zero-order chi connectivity index (χ0) is 14.8. The van der Waals surface area contributed by atoms with Crippen molar-refractivity contribution < 1.29 is 9.18 Å². The lowest BCUT2D eigenvalue weighted by Gasteiger charge is -2.20. The Morgan fingerprint density at radius 1 is 1.14 bits per heavy atom. The first kappa shape index (κ1) is 13.5. The molecule has 0 spiro atoms. The van der Waals surface area contributed by atoms with Crippen LogP contribution in [0.25, 0.3) is 0 Å². The minimum atomic E-state index is -0.732. The molecule has 0 saturated carbocycles. The molecule has 0 bridgehead atoms. The van der Waals surface area contributed by atoms with Gasteiger partial charge in [0, 0.05) is 19.3 Å². The normalized spacial score (nSPS) is 14.4. The zero-order valence-corrected chi connectivity index (χ0v) is 11.6. The van der Waals surface area contributed by atoms with Crippen LogP contribution in [0.2, 0.25) is 0 Å². The molecule has 3 rings (SSSR count). The zero-order valence-electron chi connectivity index (χ0n) is 11.6. The number of anilines is 1. The number of aromatic nitrogens is 1. The van der Waals surface area contributed by atoms with Gasteiger partial charge in [0.25, 0.3) is 5.91 Å². The number of amides is 1. The van der Waals surface area contributed by atoms with Crippen LogP contribution in [0.4, 0.5) is 10.2 Å². The summed E-state index contributed by atoms with van der Waals surface area (Å²) in [5.74, 6) is -1.29. The molecule has 0 unspecified atom stereocenters. The molecule has 4 nitrogen and oxygen atoms in total. The Labute approximate surface area is 122 Å². The first-order valence-electron chi connectivity index (χ1n) is 6.93. The number of halogens is 1. The van der Waals surface area contributed by atoms with Crippen LogP contribution in [0.1, 0.15) is 21.5 Å². The molecule has 2 heterocycles. The average Bonchev–Trinajstić information content (AvgIpc) is 2.72. The molecule has 1 aromatic heterocycles. The monoisotopic (exact) mass is 285 g/mol. The standard InChI is InChI=1S/C16H16FN3O/c17-14-13(5-8-19-15(14)18)16(21)20-9-6-11-3-1-2-4-12(11)7-10-20/h1-5,8H,6-7,9-10H2,(H2,18,19). The van der Waals surface area contributed by atoms with E-state index >= 15 is 0 Å². The van der Waals surface area contributed by atoms with Crippen LogP contribution in [0.15, 0.2) is 36.5 Å². The number of nitrogens with two attached hydrogens (primary N) is 1. The number of carbonyl (C=O) groups excluding carboxylic acids is 1. The predicted molar refractivity (Wildman–Crippen MR) is 78.4 cm³/mol. The highest BCUT2D eigenvalue weighted by molar-refractivity contribution is 5.95. The van der Waals surface area contributed by atoms with Gasteiger partial charge in [-0.3, -0.25) is 4.79 Å². The van der Waals surface area contributed by atoms with Crippen molar-refractivity contribution in [2.75, 3.05) is 18.8 Å². The van der Waals surface area contributed by atoms with Gasteiger partial charge < -0.3 is 10.6 Å². The minimum Gasteiger partial charge on any atom is -0.381 e. The fourth-order valence-corrected chi connectivity index (χ4v) is 2.67. The summed E-state index contributed by atoms with van der Waals surface area (Å²) in [5.41, 5.74) is 7.93. The molecule has 21 heavy (non-hydrogen) atoms. The number of hydrogen-bond acceptors (Lipinski definition) is 3. The third-order valence-corrected chi connectivity index (χ3v) is 3.85. The second kappa shape index (κ2) is 5.52. The predicted octanol–water partition coefficient (Wildman–Crippen LogP) is 2.04. The van der Waals surface area contributed by atoms with Crippen LogP contribution in [0, 0.1) is 5.82 Å². The van der Waals surface area contributed by atoms with Gasteiger partial charge in [-0.25, -0.2) is 9.37 Å². The van der Waals surface area contributed by atoms with E-state index in [2.05, 4.69) is 17.1 Å². The molecule has 5 heteroatoms. The third-order valence-electron chi connectivity index (χ3n) is 3.85. The molecule has 0 atom stereocenters. The molecule has 0 aliphatic carbocycles. The van der Waals surface area contributed by atoms with E-state index in [1.54, 1.807) is 4.90 Å². The van der Waals surface area contributed by atoms with Gasteiger partial charge in [-0.15, -0.1) is 0 Å². The number of fused-ring (bicyclic) bond motifs is 1. The number of hydrogen-bond donors (Lipinski definition) is 1. The summed E-state index contributed by atoms with van der Waals surface area (Å²) in [6.07, 6.45) is 2.92. The Morgan fingerprint density at radius 3 is 2.38 bits per heavy atom. The summed E-state index contributed by atoms with van der Waals surface area (Å²) in [4.78, 5) is 17.8. The number of benzene rings is 1. The van der Waals surface area contributed by atoms with Gasteiger partial charge in [0.15, 0.2) is 11.6 Å². The summed E-state index contributed by atoms with van der Waals surface area (Å²) >= 11 is 0. The Kier molecular flexibility index (Phi) is 3.56. The summed E-state index contributed by atoms with van der Waals surface area (Å²) in [7, 11) is 0. The second-order valence-corrected chi connectivity index (χ2v) is 5.12. The first-order chi connectivity index (χ1) is 10.2. The Hall–Kier alpha value is -2.43. The number of carbonyl (C=O) groups is 1. The van der Waals surface area contributed by atoms with Gasteiger partial charge in [-0.2, -0.15) is 0 Å². The molecule has 1 aromatic carbocycles. The lowest BCUT2D eigenvalue weighted by molar-refractivity contribution is 0.0758. The van der Waals surface area contributed by atoms with E-state index in [4.69, 9.17) is 5.73 Å². The van der Waals surface area contributed by atoms with Gasteiger partial charge in [0.2, 0.25) is 0 Å². The molecule has 0 saturated heterocycles. The van der Waals surface area contributed by atoms with E-state index in [0.717, 1.165) is 12.8 Å². The summed E-state index contributed by atoms with van der Waals surface area (Å²) in [6.45, 7) is 1.16. The fraction of sp³-hybridized carbons (Fsp3) is 0.250. The van der Waals surface area contributed by atoms with Crippen LogP contribution < -0.4 is 5.73 Å². The molecule has 1 aliphatic rings. The summed E-state index contributed by atoms with van der Waals surface area (Å²) < 4.78 is 13.9. The Balaban J connectivity index is 1.83. The van der Waals surface area contributed by atoms with E-state index in [1.807, 2.05) is 12.1 Å². The third kappa shape index (κ3) is 2.59. The van der Waals surface area contributed by atoms with E-state index < -0.39 is 5.82 Å². The van der Waals surface area contributed by atoms with Gasteiger partial charge in [-0.05, 0) is 30.0 Å². The van der Waals surface area contributed by atoms with Crippen molar-refractivity contribution in [3.8, 4) is 0 Å². The van der Waals surface area contributed by atoms with Gasteiger partial charge in [0.05, 0.1) is 5.56 Å². The molecule has 108 valence electrons. The maximum absolute atomic E-state index is 13.9. The Morgan fingerprint density at radius 2 is 1.76 bits per heavy atom. The number of nitrogens with zero attached hydrogens (tertiary/aromatic N) is 2. The molecule has 0 radical (unpaired) electrons. The molecule has 0 fully saturated rings. The highest BCUT2D eigenvalue weighted by Gasteiger charge is 2.23. The minimum absolute atomic E-state index is 0.00606. The summed E-state index contributed by atoms with van der Waals surface area (Å²) in [6, 6.07) is 9.54. The first-order valence-corrected chi connectivity index (χ1v) is 6.93. The smallest absolute Gasteiger partial charge is 0.257 e. The van der Waals surface area contributed by atoms with Crippen LogP contribution >= 0.6 is 0 Å². The van der Waals surface area contributed by atoms with Gasteiger partial charge in [0.1, 0.15) is 0 Å². The van der Waals surface area contributed by atoms with E-state index in [1.165, 1.54) is 23.4 Å². The largest absolute Gasteiger partial charge is 0.381 e. The van der Waals surface area contributed by atoms with Crippen molar-refractivity contribution in [1.82, 2.24) is 9.88 Å². The van der Waals surface area contributed by atoms with Crippen molar-refractivity contribution in [3.05, 3.63) is 59.0 Å². The SMILES string of the molecule is Nc1nccc(C(=O)N2CCc3ccccc3CC2)c1F. The van der Waals surface area contributed by atoms with Gasteiger partial charge in [-0.1, -0.05) is 24.3 Å². The maximum atomic E-state index is 13.9.